The van der Waals surface area contributed by atoms with E-state index in [1.54, 1.807) is 22.5 Å². The van der Waals surface area contributed by atoms with E-state index in [1.165, 1.54) is 0 Å². The van der Waals surface area contributed by atoms with Crippen molar-refractivity contribution in [1.82, 2.24) is 4.31 Å². The third-order valence-electron chi connectivity index (χ3n) is 3.34. The molecule has 0 heterocycles. The van der Waals surface area contributed by atoms with Gasteiger partial charge in [-0.15, -0.1) is 0 Å². The van der Waals surface area contributed by atoms with Gasteiger partial charge in [0, 0.05) is 18.3 Å². The summed E-state index contributed by atoms with van der Waals surface area (Å²) in [5.74, 6) is 0.0538. The van der Waals surface area contributed by atoms with Crippen LogP contribution in [0.5, 0.6) is 0 Å². The summed E-state index contributed by atoms with van der Waals surface area (Å²) in [4.78, 5) is 0. The summed E-state index contributed by atoms with van der Waals surface area (Å²) in [7, 11) is -3.22. The summed E-state index contributed by atoms with van der Waals surface area (Å²) >= 11 is 0. The highest BCUT2D eigenvalue weighted by molar-refractivity contribution is 7.88. The number of nitrogen functional groups attached to an aromatic ring is 1. The molecule has 1 fully saturated rings. The molecule has 1 aromatic rings. The van der Waals surface area contributed by atoms with Gasteiger partial charge in [-0.3, -0.25) is 0 Å². The summed E-state index contributed by atoms with van der Waals surface area (Å²) in [5.41, 5.74) is 7.07. The Morgan fingerprint density at radius 3 is 2.68 bits per heavy atom. The molecule has 1 aromatic carbocycles. The second-order valence-electron chi connectivity index (χ2n) is 5.20. The molecule has 0 amide bonds. The molecule has 0 unspecified atom stereocenters. The fourth-order valence-corrected chi connectivity index (χ4v) is 4.04. The summed E-state index contributed by atoms with van der Waals surface area (Å²) < 4.78 is 26.7. The lowest BCUT2D eigenvalue weighted by Crippen LogP contribution is -2.35. The van der Waals surface area contributed by atoms with Crippen LogP contribution >= 0.6 is 0 Å². The van der Waals surface area contributed by atoms with Gasteiger partial charge in [0.1, 0.15) is 0 Å². The van der Waals surface area contributed by atoms with Gasteiger partial charge in [-0.2, -0.15) is 4.31 Å². The van der Waals surface area contributed by atoms with E-state index in [0.717, 1.165) is 31.2 Å². The monoisotopic (exact) mass is 282 g/mol. The minimum atomic E-state index is -3.22. The third-order valence-corrected chi connectivity index (χ3v) is 5.24. The van der Waals surface area contributed by atoms with E-state index in [0.29, 0.717) is 12.2 Å². The average molecular weight is 282 g/mol. The second-order valence-corrected chi connectivity index (χ2v) is 7.12. The maximum Gasteiger partial charge on any atom is 0.218 e. The predicted octanol–water partition coefficient (Wildman–Crippen LogP) is 2.36. The molecule has 1 aliphatic carbocycles. The number of anilines is 1. The van der Waals surface area contributed by atoms with Crippen molar-refractivity contribution in [3.8, 4) is 0 Å². The minimum Gasteiger partial charge on any atom is -0.399 e. The Labute approximate surface area is 115 Å². The van der Waals surface area contributed by atoms with E-state index in [2.05, 4.69) is 6.92 Å². The van der Waals surface area contributed by atoms with Crippen LogP contribution in [0.3, 0.4) is 0 Å². The molecule has 0 bridgehead atoms. The topological polar surface area (TPSA) is 63.4 Å². The molecule has 2 rings (SSSR count). The van der Waals surface area contributed by atoms with Crippen molar-refractivity contribution in [2.45, 2.75) is 44.4 Å². The summed E-state index contributed by atoms with van der Waals surface area (Å²) in [5, 5.41) is 0. The van der Waals surface area contributed by atoms with Crippen LogP contribution in [0.1, 0.15) is 38.2 Å². The maximum absolute atomic E-state index is 12.5. The summed E-state index contributed by atoms with van der Waals surface area (Å²) in [6.07, 6.45) is 3.93. The number of hydrogen-bond acceptors (Lipinski definition) is 3. The Balaban J connectivity index is 2.11. The minimum absolute atomic E-state index is 0.0538. The molecule has 1 saturated carbocycles. The first-order valence-corrected chi connectivity index (χ1v) is 8.48. The van der Waals surface area contributed by atoms with E-state index in [-0.39, 0.29) is 11.8 Å². The van der Waals surface area contributed by atoms with E-state index in [9.17, 15) is 8.42 Å². The van der Waals surface area contributed by atoms with Gasteiger partial charge >= 0.3 is 0 Å². The lowest BCUT2D eigenvalue weighted by molar-refractivity contribution is 0.395. The number of sulfonamides is 1. The van der Waals surface area contributed by atoms with Gasteiger partial charge in [0.05, 0.1) is 5.75 Å². The van der Waals surface area contributed by atoms with Crippen LogP contribution in [-0.4, -0.2) is 25.3 Å². The number of rotatable bonds is 7. The Morgan fingerprint density at radius 2 is 2.11 bits per heavy atom. The number of nitrogens with zero attached hydrogens (tertiary/aromatic N) is 1. The Hall–Kier alpha value is -1.07. The van der Waals surface area contributed by atoms with Crippen molar-refractivity contribution >= 4 is 15.7 Å². The number of unbranched alkanes of at least 4 members (excludes halogenated alkanes) is 1. The summed E-state index contributed by atoms with van der Waals surface area (Å²) in [6.45, 7) is 2.72. The van der Waals surface area contributed by atoms with Crippen molar-refractivity contribution in [3.63, 3.8) is 0 Å². The highest BCUT2D eigenvalue weighted by atomic mass is 32.2. The highest BCUT2D eigenvalue weighted by Gasteiger charge is 2.36. The smallest absolute Gasteiger partial charge is 0.218 e. The van der Waals surface area contributed by atoms with Gasteiger partial charge < -0.3 is 5.73 Å². The zero-order valence-corrected chi connectivity index (χ0v) is 12.2. The first-order chi connectivity index (χ1) is 9.03. The molecule has 0 atom stereocenters. The molecule has 0 radical (unpaired) electrons. The van der Waals surface area contributed by atoms with E-state index < -0.39 is 10.0 Å². The van der Waals surface area contributed by atoms with Gasteiger partial charge in [-0.05, 0) is 37.0 Å². The van der Waals surface area contributed by atoms with Gasteiger partial charge in [0.25, 0.3) is 0 Å². The molecule has 1 aliphatic rings. The van der Waals surface area contributed by atoms with Crippen molar-refractivity contribution in [2.75, 3.05) is 12.3 Å². The van der Waals surface area contributed by atoms with Crippen LogP contribution in [0.4, 0.5) is 5.69 Å². The fraction of sp³-hybridized carbons (Fsp3) is 0.571. The van der Waals surface area contributed by atoms with E-state index in [1.807, 2.05) is 6.07 Å². The molecule has 0 saturated heterocycles. The Kier molecular flexibility index (Phi) is 4.47. The zero-order valence-electron chi connectivity index (χ0n) is 11.4. The molecular formula is C14H22N2O2S. The molecule has 5 heteroatoms. The van der Waals surface area contributed by atoms with Gasteiger partial charge in [-0.25, -0.2) is 8.42 Å². The fourth-order valence-electron chi connectivity index (χ4n) is 2.20. The van der Waals surface area contributed by atoms with Gasteiger partial charge in [0.2, 0.25) is 10.0 Å². The van der Waals surface area contributed by atoms with Crippen LogP contribution in [0.2, 0.25) is 0 Å². The largest absolute Gasteiger partial charge is 0.399 e. The van der Waals surface area contributed by atoms with Crippen LogP contribution in [0.25, 0.3) is 0 Å². The lowest BCUT2D eigenvalue weighted by Gasteiger charge is -2.21. The number of hydrogen-bond donors (Lipinski definition) is 1. The van der Waals surface area contributed by atoms with E-state index in [4.69, 9.17) is 5.73 Å². The lowest BCUT2D eigenvalue weighted by atomic mass is 10.2. The molecule has 0 spiro atoms. The number of benzene rings is 1. The second kappa shape index (κ2) is 5.92. The zero-order chi connectivity index (χ0) is 13.9. The average Bonchev–Trinajstić information content (AvgIpc) is 3.13. The van der Waals surface area contributed by atoms with Crippen molar-refractivity contribution < 1.29 is 8.42 Å². The molecule has 2 N–H and O–H groups in total. The number of nitrogens with two attached hydrogens (primary N) is 1. The normalized spacial score (nSPS) is 15.9. The first kappa shape index (κ1) is 14.3. The predicted molar refractivity (Wildman–Crippen MR) is 78.1 cm³/mol. The first-order valence-electron chi connectivity index (χ1n) is 6.87. The SMILES string of the molecule is CCCCN(C1CC1)S(=O)(=O)Cc1cccc(N)c1. The standard InChI is InChI=1S/C14H22N2O2S/c1-2-3-9-16(14-7-8-14)19(17,18)11-12-5-4-6-13(15)10-12/h4-6,10,14H,2-3,7-9,11,15H2,1H3. The van der Waals surface area contributed by atoms with Crippen molar-refractivity contribution in [1.29, 1.82) is 0 Å². The highest BCUT2D eigenvalue weighted by Crippen LogP contribution is 2.30. The van der Waals surface area contributed by atoms with Gasteiger partial charge in [0.15, 0.2) is 0 Å². The Morgan fingerprint density at radius 1 is 1.37 bits per heavy atom. The van der Waals surface area contributed by atoms with Crippen LogP contribution in [0, 0.1) is 0 Å². The molecule has 0 aliphatic heterocycles. The van der Waals surface area contributed by atoms with Crippen molar-refractivity contribution in [3.05, 3.63) is 29.8 Å². The van der Waals surface area contributed by atoms with E-state index >= 15 is 0 Å². The van der Waals surface area contributed by atoms with Crippen molar-refractivity contribution in [2.24, 2.45) is 0 Å². The molecule has 106 valence electrons. The Bertz CT molecular complexity index is 524. The van der Waals surface area contributed by atoms with Gasteiger partial charge in [-0.1, -0.05) is 25.5 Å². The van der Waals surface area contributed by atoms with Crippen LogP contribution in [-0.2, 0) is 15.8 Å². The third kappa shape index (κ3) is 3.94. The molecular weight excluding hydrogens is 260 g/mol. The summed E-state index contributed by atoms with van der Waals surface area (Å²) in [6, 6.07) is 7.36. The molecule has 0 aromatic heterocycles. The maximum atomic E-state index is 12.5. The quantitative estimate of drug-likeness (QED) is 0.781. The molecule has 19 heavy (non-hydrogen) atoms. The van der Waals surface area contributed by atoms with Crippen LogP contribution in [0.15, 0.2) is 24.3 Å². The molecule has 4 nitrogen and oxygen atoms in total. The van der Waals surface area contributed by atoms with Crippen LogP contribution < -0.4 is 5.73 Å².